The molecule has 5 nitrogen and oxygen atoms in total. The van der Waals surface area contributed by atoms with E-state index in [0.717, 1.165) is 44.9 Å². The van der Waals surface area contributed by atoms with Gasteiger partial charge in [-0.25, -0.2) is 0 Å². The molecule has 33 heavy (non-hydrogen) atoms. The molecule has 4 aliphatic carbocycles. The fourth-order valence-electron chi connectivity index (χ4n) is 10.1. The number of aliphatic hydroxyl groups excluding tert-OH is 2. The van der Waals surface area contributed by atoms with Crippen molar-refractivity contribution >= 4 is 21.7 Å². The van der Waals surface area contributed by atoms with E-state index < -0.39 is 17.3 Å². The average Bonchev–Trinajstić information content (AvgIpc) is 3.22. The summed E-state index contributed by atoms with van der Waals surface area (Å²) < 4.78 is 13.3. The molecule has 2 saturated heterocycles. The van der Waals surface area contributed by atoms with Crippen LogP contribution in [0.4, 0.5) is 0 Å². The Hall–Kier alpha value is -0.0100. The van der Waals surface area contributed by atoms with Gasteiger partial charge in [-0.05, 0) is 74.0 Å². The van der Waals surface area contributed by atoms with Crippen molar-refractivity contribution in [1.82, 2.24) is 0 Å². The fourth-order valence-corrected chi connectivity index (χ4v) is 11.4. The predicted octanol–water partition coefficient (Wildman–Crippen LogP) is 4.32. The summed E-state index contributed by atoms with van der Waals surface area (Å²) in [6.45, 7) is 9.61. The summed E-state index contributed by atoms with van der Waals surface area (Å²) in [5.41, 5.74) is -0.571. The highest BCUT2D eigenvalue weighted by Crippen LogP contribution is 2.70. The van der Waals surface area contributed by atoms with Gasteiger partial charge in [0.05, 0.1) is 23.6 Å². The molecule has 0 bridgehead atoms. The van der Waals surface area contributed by atoms with Crippen LogP contribution in [-0.4, -0.2) is 51.5 Å². The Labute approximate surface area is 206 Å². The second-order valence-corrected chi connectivity index (χ2v) is 14.3. The SMILES string of the molecule is C[C@@H]1CO[C@]2(O[C@@H]3C[C@@H]4[C@@H]5CC[C@H]6C[C@H](O)CC[C@]6(C)[C@@H]5C(=O)[C@H](O)[C@]4(C)[C@@H]3[C@@H]2C)[C@@H](Br)C1. The summed E-state index contributed by atoms with van der Waals surface area (Å²) in [7, 11) is 0. The number of carbonyl (C=O) groups excluding carboxylic acids is 1. The number of carbonyl (C=O) groups is 1. The Morgan fingerprint density at radius 1 is 1.06 bits per heavy atom. The lowest BCUT2D eigenvalue weighted by molar-refractivity contribution is -0.268. The zero-order valence-corrected chi connectivity index (χ0v) is 22.1. The number of halogens is 1. The summed E-state index contributed by atoms with van der Waals surface area (Å²) >= 11 is 3.90. The number of Topliss-reactive ketones (excluding diaryl/α,β-unsaturated/α-hetero) is 1. The van der Waals surface area contributed by atoms with E-state index in [1.54, 1.807) is 0 Å². The van der Waals surface area contributed by atoms with Crippen molar-refractivity contribution in [1.29, 1.82) is 0 Å². The van der Waals surface area contributed by atoms with Gasteiger partial charge in [0.25, 0.3) is 0 Å². The molecule has 2 N–H and O–H groups in total. The quantitative estimate of drug-likeness (QED) is 0.461. The molecule has 2 heterocycles. The van der Waals surface area contributed by atoms with Crippen molar-refractivity contribution in [2.45, 2.75) is 102 Å². The molecule has 0 aromatic rings. The maximum absolute atomic E-state index is 14.0. The number of fused-ring (bicyclic) bond motifs is 7. The first-order chi connectivity index (χ1) is 15.5. The molecule has 6 rings (SSSR count). The van der Waals surface area contributed by atoms with Gasteiger partial charge in [-0.1, -0.05) is 43.6 Å². The van der Waals surface area contributed by atoms with E-state index in [-0.39, 0.29) is 46.0 Å². The molecule has 6 fully saturated rings. The molecule has 14 atom stereocenters. The lowest BCUT2D eigenvalue weighted by Gasteiger charge is -2.61. The molecular formula is C27H41BrO5. The van der Waals surface area contributed by atoms with Crippen molar-refractivity contribution in [2.24, 2.45) is 52.3 Å². The van der Waals surface area contributed by atoms with Crippen molar-refractivity contribution in [3.05, 3.63) is 0 Å². The minimum absolute atomic E-state index is 0.0309. The van der Waals surface area contributed by atoms with Gasteiger partial charge in [-0.15, -0.1) is 0 Å². The number of aliphatic hydroxyl groups is 2. The second-order valence-electron chi connectivity index (χ2n) is 13.2. The number of hydrogen-bond acceptors (Lipinski definition) is 5. The molecule has 186 valence electrons. The monoisotopic (exact) mass is 524 g/mol. The smallest absolute Gasteiger partial charge is 0.184 e. The van der Waals surface area contributed by atoms with E-state index in [4.69, 9.17) is 9.47 Å². The van der Waals surface area contributed by atoms with Gasteiger partial charge in [0.15, 0.2) is 11.6 Å². The lowest BCUT2D eigenvalue weighted by atomic mass is 9.43. The summed E-state index contributed by atoms with van der Waals surface area (Å²) in [6, 6.07) is 0. The molecule has 6 heteroatoms. The predicted molar refractivity (Wildman–Crippen MR) is 128 cm³/mol. The minimum atomic E-state index is -0.946. The van der Waals surface area contributed by atoms with Crippen LogP contribution >= 0.6 is 15.9 Å². The van der Waals surface area contributed by atoms with Crippen LogP contribution in [0.3, 0.4) is 0 Å². The zero-order valence-electron chi connectivity index (χ0n) is 20.5. The van der Waals surface area contributed by atoms with Crippen LogP contribution in [0.15, 0.2) is 0 Å². The number of ether oxygens (including phenoxy) is 2. The second kappa shape index (κ2) is 7.50. The van der Waals surface area contributed by atoms with Gasteiger partial charge >= 0.3 is 0 Å². The van der Waals surface area contributed by atoms with Crippen molar-refractivity contribution in [3.8, 4) is 0 Å². The largest absolute Gasteiger partial charge is 0.393 e. The Morgan fingerprint density at radius 2 is 1.82 bits per heavy atom. The summed E-state index contributed by atoms with van der Waals surface area (Å²) in [6.07, 6.45) is 5.38. The maximum Gasteiger partial charge on any atom is 0.184 e. The topological polar surface area (TPSA) is 76.0 Å². The van der Waals surface area contributed by atoms with Crippen LogP contribution in [0.1, 0.15) is 72.6 Å². The van der Waals surface area contributed by atoms with E-state index in [1.165, 1.54) is 0 Å². The van der Waals surface area contributed by atoms with Crippen LogP contribution in [0.25, 0.3) is 0 Å². The maximum atomic E-state index is 14.0. The molecule has 0 aromatic carbocycles. The van der Waals surface area contributed by atoms with Gasteiger partial charge in [0.1, 0.15) is 6.10 Å². The Morgan fingerprint density at radius 3 is 2.55 bits per heavy atom. The minimum Gasteiger partial charge on any atom is -0.393 e. The third-order valence-electron chi connectivity index (χ3n) is 11.7. The Bertz CT molecular complexity index is 835. The van der Waals surface area contributed by atoms with Gasteiger partial charge < -0.3 is 19.7 Å². The van der Waals surface area contributed by atoms with E-state index in [2.05, 4.69) is 43.6 Å². The molecule has 2 aliphatic heterocycles. The molecule has 0 unspecified atom stereocenters. The molecule has 0 radical (unpaired) electrons. The zero-order chi connectivity index (χ0) is 23.5. The highest BCUT2D eigenvalue weighted by molar-refractivity contribution is 9.09. The van der Waals surface area contributed by atoms with Crippen molar-refractivity contribution in [2.75, 3.05) is 6.61 Å². The summed E-state index contributed by atoms with van der Waals surface area (Å²) in [4.78, 5) is 14.2. The summed E-state index contributed by atoms with van der Waals surface area (Å²) in [5.74, 6) is 1.05. The molecular weight excluding hydrogens is 484 g/mol. The van der Waals surface area contributed by atoms with Crippen molar-refractivity contribution in [3.63, 3.8) is 0 Å². The van der Waals surface area contributed by atoms with E-state index in [9.17, 15) is 15.0 Å². The van der Waals surface area contributed by atoms with Crippen LogP contribution in [0, 0.1) is 52.3 Å². The molecule has 0 aromatic heterocycles. The van der Waals surface area contributed by atoms with Crippen LogP contribution in [0.2, 0.25) is 0 Å². The molecule has 1 spiro atoms. The van der Waals surface area contributed by atoms with Crippen molar-refractivity contribution < 1.29 is 24.5 Å². The molecule has 6 aliphatic rings. The normalized spacial score (nSPS) is 62.5. The first-order valence-corrected chi connectivity index (χ1v) is 14.3. The number of alkyl halides is 1. The van der Waals surface area contributed by atoms with E-state index >= 15 is 0 Å². The first kappa shape index (κ1) is 23.4. The number of hydrogen-bond donors (Lipinski definition) is 2. The summed E-state index contributed by atoms with van der Waals surface area (Å²) in [5, 5.41) is 22.1. The van der Waals surface area contributed by atoms with Gasteiger partial charge in [-0.2, -0.15) is 0 Å². The third kappa shape index (κ3) is 2.88. The standard InChI is InChI=1S/C27H41BrO5/c1-13-9-20(28)27(32-12-13)14(2)21-19(33-27)11-18-17-6-5-15-10-16(29)7-8-25(15,3)22(17)23(30)24(31)26(18,21)4/h13-22,24,29,31H,5-12H2,1-4H3/t13-,14-,15-,16+,17-,18+,19+,20-,21+,22-,24-,25-,26-,27+/m0/s1. The molecule has 0 amide bonds. The Balaban J connectivity index is 1.34. The van der Waals surface area contributed by atoms with Gasteiger partial charge in [0.2, 0.25) is 0 Å². The molecule has 4 saturated carbocycles. The van der Waals surface area contributed by atoms with Crippen LogP contribution in [0.5, 0.6) is 0 Å². The number of ketones is 1. The average molecular weight is 526 g/mol. The fraction of sp³-hybridized carbons (Fsp3) is 0.963. The van der Waals surface area contributed by atoms with Gasteiger partial charge in [-0.3, -0.25) is 4.79 Å². The van der Waals surface area contributed by atoms with E-state index in [1.807, 2.05) is 0 Å². The number of rotatable bonds is 0. The van der Waals surface area contributed by atoms with Crippen LogP contribution < -0.4 is 0 Å². The highest BCUT2D eigenvalue weighted by atomic mass is 79.9. The third-order valence-corrected chi connectivity index (χ3v) is 12.7. The Kier molecular flexibility index (Phi) is 5.32. The van der Waals surface area contributed by atoms with E-state index in [0.29, 0.717) is 30.3 Å². The van der Waals surface area contributed by atoms with Gasteiger partial charge in [0, 0.05) is 23.2 Å². The lowest BCUT2D eigenvalue weighted by Crippen LogP contribution is -2.64. The first-order valence-electron chi connectivity index (χ1n) is 13.4. The van der Waals surface area contributed by atoms with Crippen LogP contribution in [-0.2, 0) is 14.3 Å². The highest BCUT2D eigenvalue weighted by Gasteiger charge is 2.74.